The number of carbonyl (C=O) groups excluding carboxylic acids is 1. The molecule has 5 nitrogen and oxygen atoms in total. The first kappa shape index (κ1) is 14.9. The molecule has 1 aliphatic carbocycles. The van der Waals surface area contributed by atoms with Crippen LogP contribution in [0.4, 0.5) is 0 Å². The van der Waals surface area contributed by atoms with Gasteiger partial charge in [0.2, 0.25) is 0 Å². The van der Waals surface area contributed by atoms with Gasteiger partial charge in [0.1, 0.15) is 5.84 Å². The largest absolute Gasteiger partial charge is 0.409 e. The van der Waals surface area contributed by atoms with Gasteiger partial charge in [0.05, 0.1) is 10.6 Å². The summed E-state index contributed by atoms with van der Waals surface area (Å²) in [6.07, 6.45) is 2.48. The Bertz CT molecular complexity index is 548. The molecule has 4 N–H and O–H groups in total. The van der Waals surface area contributed by atoms with E-state index >= 15 is 0 Å². The lowest BCUT2D eigenvalue weighted by Gasteiger charge is -2.20. The highest BCUT2D eigenvalue weighted by Gasteiger charge is 2.32. The van der Waals surface area contributed by atoms with Crippen LogP contribution in [-0.4, -0.2) is 23.0 Å². The van der Waals surface area contributed by atoms with Gasteiger partial charge in [-0.05, 0) is 31.0 Å². The first-order chi connectivity index (χ1) is 9.52. The minimum Gasteiger partial charge on any atom is -0.409 e. The van der Waals surface area contributed by atoms with Gasteiger partial charge in [0.25, 0.3) is 5.91 Å². The average Bonchev–Trinajstić information content (AvgIpc) is 2.88. The van der Waals surface area contributed by atoms with Crippen LogP contribution >= 0.6 is 23.2 Å². The van der Waals surface area contributed by atoms with Crippen molar-refractivity contribution in [1.29, 1.82) is 0 Å². The Balaban J connectivity index is 2.13. The third-order valence-corrected chi connectivity index (χ3v) is 4.07. The first-order valence-electron chi connectivity index (χ1n) is 6.26. The topological polar surface area (TPSA) is 87.7 Å². The second-order valence-electron chi connectivity index (χ2n) is 4.77. The number of hydrogen-bond acceptors (Lipinski definition) is 3. The Morgan fingerprint density at radius 2 is 2.15 bits per heavy atom. The SMILES string of the molecule is NC(=NO)C1CCCC1NC(=O)c1cc(Cl)ccc1Cl. The summed E-state index contributed by atoms with van der Waals surface area (Å²) in [5, 5.41) is 15.4. The van der Waals surface area contributed by atoms with E-state index in [2.05, 4.69) is 10.5 Å². The molecule has 2 rings (SSSR count). The van der Waals surface area contributed by atoms with Gasteiger partial charge in [-0.3, -0.25) is 4.79 Å². The predicted octanol–water partition coefficient (Wildman–Crippen LogP) is 2.64. The van der Waals surface area contributed by atoms with E-state index in [1.165, 1.54) is 6.07 Å². The van der Waals surface area contributed by atoms with E-state index in [1.807, 2.05) is 0 Å². The number of amides is 1. The molecule has 1 aliphatic rings. The Hall–Kier alpha value is -1.46. The molecule has 0 saturated heterocycles. The number of amidine groups is 1. The lowest BCUT2D eigenvalue weighted by atomic mass is 10.0. The maximum absolute atomic E-state index is 12.2. The van der Waals surface area contributed by atoms with Crippen LogP contribution in [0, 0.1) is 5.92 Å². The van der Waals surface area contributed by atoms with Crippen molar-refractivity contribution in [1.82, 2.24) is 5.32 Å². The van der Waals surface area contributed by atoms with E-state index in [0.29, 0.717) is 15.6 Å². The summed E-state index contributed by atoms with van der Waals surface area (Å²) in [6.45, 7) is 0. The number of nitrogens with two attached hydrogens (primary N) is 1. The highest BCUT2D eigenvalue weighted by Crippen LogP contribution is 2.27. The summed E-state index contributed by atoms with van der Waals surface area (Å²) in [4.78, 5) is 12.2. The molecular weight excluding hydrogens is 301 g/mol. The lowest BCUT2D eigenvalue weighted by molar-refractivity contribution is 0.0933. The lowest BCUT2D eigenvalue weighted by Crippen LogP contribution is -2.42. The Morgan fingerprint density at radius 1 is 1.40 bits per heavy atom. The van der Waals surface area contributed by atoms with Crippen LogP contribution in [-0.2, 0) is 0 Å². The Morgan fingerprint density at radius 3 is 2.85 bits per heavy atom. The Labute approximate surface area is 126 Å². The van der Waals surface area contributed by atoms with Crippen LogP contribution in [0.5, 0.6) is 0 Å². The number of rotatable bonds is 3. The molecule has 108 valence electrons. The van der Waals surface area contributed by atoms with E-state index in [1.54, 1.807) is 12.1 Å². The van der Waals surface area contributed by atoms with E-state index in [0.717, 1.165) is 19.3 Å². The highest BCUT2D eigenvalue weighted by molar-refractivity contribution is 6.35. The summed E-state index contributed by atoms with van der Waals surface area (Å²) in [5.74, 6) is -0.313. The second kappa shape index (κ2) is 6.33. The van der Waals surface area contributed by atoms with Gasteiger partial charge < -0.3 is 16.3 Å². The van der Waals surface area contributed by atoms with Crippen LogP contribution in [0.15, 0.2) is 23.4 Å². The maximum Gasteiger partial charge on any atom is 0.253 e. The standard InChI is InChI=1S/C13H15Cl2N3O2/c14-7-4-5-10(15)9(6-7)13(19)17-11-3-1-2-8(11)12(16)18-20/h4-6,8,11,20H,1-3H2,(H2,16,18)(H,17,19). The molecular formula is C13H15Cl2N3O2. The number of nitrogens with zero attached hydrogens (tertiary/aromatic N) is 1. The Kier molecular flexibility index (Phi) is 4.73. The summed E-state index contributed by atoms with van der Waals surface area (Å²) in [5.41, 5.74) is 5.96. The van der Waals surface area contributed by atoms with Gasteiger partial charge in [0, 0.05) is 17.0 Å². The minimum atomic E-state index is -0.305. The van der Waals surface area contributed by atoms with Crippen molar-refractivity contribution in [3.8, 4) is 0 Å². The zero-order valence-electron chi connectivity index (χ0n) is 10.6. The molecule has 2 unspecified atom stereocenters. The third kappa shape index (κ3) is 3.16. The molecule has 7 heteroatoms. The van der Waals surface area contributed by atoms with Crippen molar-refractivity contribution in [2.24, 2.45) is 16.8 Å². The van der Waals surface area contributed by atoms with E-state index in [-0.39, 0.29) is 23.7 Å². The molecule has 1 saturated carbocycles. The van der Waals surface area contributed by atoms with Crippen LogP contribution in [0.3, 0.4) is 0 Å². The number of hydrogen-bond donors (Lipinski definition) is 3. The normalized spacial score (nSPS) is 22.8. The number of oxime groups is 1. The van der Waals surface area contributed by atoms with Crippen LogP contribution < -0.4 is 11.1 Å². The van der Waals surface area contributed by atoms with Gasteiger partial charge in [-0.1, -0.05) is 34.8 Å². The zero-order valence-corrected chi connectivity index (χ0v) is 12.2. The minimum absolute atomic E-state index is 0.144. The van der Waals surface area contributed by atoms with Gasteiger partial charge in [-0.2, -0.15) is 0 Å². The predicted molar refractivity (Wildman–Crippen MR) is 78.5 cm³/mol. The van der Waals surface area contributed by atoms with E-state index in [4.69, 9.17) is 34.1 Å². The van der Waals surface area contributed by atoms with Crippen molar-refractivity contribution in [3.63, 3.8) is 0 Å². The van der Waals surface area contributed by atoms with Crippen LogP contribution in [0.25, 0.3) is 0 Å². The maximum atomic E-state index is 12.2. The summed E-state index contributed by atoms with van der Waals surface area (Å²) < 4.78 is 0. The molecule has 0 heterocycles. The van der Waals surface area contributed by atoms with Crippen molar-refractivity contribution < 1.29 is 10.0 Å². The molecule has 0 spiro atoms. The van der Waals surface area contributed by atoms with Crippen molar-refractivity contribution in [2.75, 3.05) is 0 Å². The zero-order chi connectivity index (χ0) is 14.7. The smallest absolute Gasteiger partial charge is 0.253 e. The summed E-state index contributed by atoms with van der Waals surface area (Å²) >= 11 is 11.9. The summed E-state index contributed by atoms with van der Waals surface area (Å²) in [6, 6.07) is 4.56. The number of halogens is 2. The number of benzene rings is 1. The molecule has 1 aromatic carbocycles. The number of carbonyl (C=O) groups is 1. The monoisotopic (exact) mass is 315 g/mol. The molecule has 0 aromatic heterocycles. The van der Waals surface area contributed by atoms with Gasteiger partial charge in [-0.15, -0.1) is 0 Å². The van der Waals surface area contributed by atoms with Gasteiger partial charge in [0.15, 0.2) is 0 Å². The second-order valence-corrected chi connectivity index (χ2v) is 5.61. The molecule has 1 fully saturated rings. The first-order valence-corrected chi connectivity index (χ1v) is 7.02. The van der Waals surface area contributed by atoms with Gasteiger partial charge in [-0.25, -0.2) is 0 Å². The summed E-state index contributed by atoms with van der Waals surface area (Å²) in [7, 11) is 0. The van der Waals surface area contributed by atoms with Crippen molar-refractivity contribution >= 4 is 34.9 Å². The van der Waals surface area contributed by atoms with Crippen LogP contribution in [0.1, 0.15) is 29.6 Å². The van der Waals surface area contributed by atoms with Crippen molar-refractivity contribution in [3.05, 3.63) is 33.8 Å². The molecule has 0 bridgehead atoms. The molecule has 1 amide bonds. The fourth-order valence-electron chi connectivity index (χ4n) is 2.48. The quantitative estimate of drug-likeness (QED) is 0.347. The third-order valence-electron chi connectivity index (χ3n) is 3.50. The van der Waals surface area contributed by atoms with Crippen molar-refractivity contribution in [2.45, 2.75) is 25.3 Å². The van der Waals surface area contributed by atoms with Gasteiger partial charge >= 0.3 is 0 Å². The molecule has 2 atom stereocenters. The van der Waals surface area contributed by atoms with E-state index in [9.17, 15) is 4.79 Å². The van der Waals surface area contributed by atoms with E-state index < -0.39 is 0 Å². The molecule has 20 heavy (non-hydrogen) atoms. The molecule has 0 aliphatic heterocycles. The fraction of sp³-hybridized carbons (Fsp3) is 0.385. The van der Waals surface area contributed by atoms with Crippen LogP contribution in [0.2, 0.25) is 10.0 Å². The fourth-order valence-corrected chi connectivity index (χ4v) is 2.85. The average molecular weight is 316 g/mol. The molecule has 1 aromatic rings. The highest BCUT2D eigenvalue weighted by atomic mass is 35.5. The number of nitrogens with one attached hydrogen (secondary N) is 1. The molecule has 0 radical (unpaired) electrons.